The number of carbonyl (C=O) groups excluding carboxylic acids is 1. The molecule has 0 saturated heterocycles. The Morgan fingerprint density at radius 2 is 2.38 bits per heavy atom. The van der Waals surface area contributed by atoms with Gasteiger partial charge in [0.2, 0.25) is 0 Å². The Morgan fingerprint density at radius 3 is 2.94 bits per heavy atom. The lowest BCUT2D eigenvalue weighted by Crippen LogP contribution is -2.37. The largest absolute Gasteiger partial charge is 0.461 e. The van der Waals surface area contributed by atoms with Crippen molar-refractivity contribution in [1.29, 1.82) is 0 Å². The standard InChI is InChI=1S/C10H19N3O3/c1-4-15-10(14)8-6-16-13(12-8)9(11)5-7(2)3/h7,9H,4-6,11H2,1-3H3/t9-/m0/s1. The summed E-state index contributed by atoms with van der Waals surface area (Å²) in [6, 6.07) is 0. The fourth-order valence-corrected chi connectivity index (χ4v) is 1.36. The first-order chi connectivity index (χ1) is 7.54. The average Bonchev–Trinajstić information content (AvgIpc) is 2.65. The normalized spacial score (nSPS) is 17.6. The van der Waals surface area contributed by atoms with E-state index in [9.17, 15) is 4.79 Å². The van der Waals surface area contributed by atoms with Crippen molar-refractivity contribution in [2.75, 3.05) is 13.2 Å². The van der Waals surface area contributed by atoms with Gasteiger partial charge in [0, 0.05) is 0 Å². The summed E-state index contributed by atoms with van der Waals surface area (Å²) in [6.07, 6.45) is 0.423. The van der Waals surface area contributed by atoms with Crippen molar-refractivity contribution in [3.05, 3.63) is 0 Å². The first-order valence-corrected chi connectivity index (χ1v) is 5.47. The van der Waals surface area contributed by atoms with Crippen LogP contribution in [0.3, 0.4) is 0 Å². The van der Waals surface area contributed by atoms with E-state index in [1.165, 1.54) is 5.17 Å². The predicted octanol–water partition coefficient (Wildman–Crippen LogP) is 0.484. The van der Waals surface area contributed by atoms with Gasteiger partial charge in [-0.3, -0.25) is 0 Å². The molecule has 0 unspecified atom stereocenters. The van der Waals surface area contributed by atoms with Gasteiger partial charge in [-0.25, -0.2) is 9.63 Å². The fraction of sp³-hybridized carbons (Fsp3) is 0.800. The Kier molecular flexibility index (Phi) is 4.70. The van der Waals surface area contributed by atoms with Crippen LogP contribution in [0.2, 0.25) is 0 Å². The van der Waals surface area contributed by atoms with Crippen molar-refractivity contribution in [3.8, 4) is 0 Å². The van der Waals surface area contributed by atoms with Crippen LogP contribution in [0.15, 0.2) is 5.10 Å². The van der Waals surface area contributed by atoms with Gasteiger partial charge in [-0.1, -0.05) is 13.8 Å². The van der Waals surface area contributed by atoms with Crippen LogP contribution in [0.5, 0.6) is 0 Å². The molecule has 16 heavy (non-hydrogen) atoms. The van der Waals surface area contributed by atoms with E-state index in [0.717, 1.165) is 6.42 Å². The highest BCUT2D eigenvalue weighted by atomic mass is 16.7. The molecular weight excluding hydrogens is 210 g/mol. The molecule has 1 aliphatic heterocycles. The molecule has 0 saturated carbocycles. The minimum absolute atomic E-state index is 0.130. The van der Waals surface area contributed by atoms with E-state index in [-0.39, 0.29) is 18.5 Å². The lowest BCUT2D eigenvalue weighted by atomic mass is 10.1. The van der Waals surface area contributed by atoms with Gasteiger partial charge in [0.15, 0.2) is 5.71 Å². The molecule has 0 radical (unpaired) electrons. The molecule has 6 nitrogen and oxygen atoms in total. The molecule has 2 N–H and O–H groups in total. The SMILES string of the molecule is CCOC(=O)C1=NN([C@H](N)CC(C)C)OC1. The minimum Gasteiger partial charge on any atom is -0.461 e. The summed E-state index contributed by atoms with van der Waals surface area (Å²) in [5.74, 6) is 0.00203. The van der Waals surface area contributed by atoms with Crippen molar-refractivity contribution in [1.82, 2.24) is 5.17 Å². The van der Waals surface area contributed by atoms with E-state index >= 15 is 0 Å². The molecule has 1 heterocycles. The van der Waals surface area contributed by atoms with Gasteiger partial charge in [0.25, 0.3) is 0 Å². The van der Waals surface area contributed by atoms with Gasteiger partial charge in [-0.2, -0.15) is 5.17 Å². The van der Waals surface area contributed by atoms with Gasteiger partial charge >= 0.3 is 5.97 Å². The molecule has 1 rings (SSSR count). The lowest BCUT2D eigenvalue weighted by molar-refractivity contribution is -0.159. The van der Waals surface area contributed by atoms with Crippen molar-refractivity contribution in [2.45, 2.75) is 33.4 Å². The van der Waals surface area contributed by atoms with E-state index in [2.05, 4.69) is 18.9 Å². The van der Waals surface area contributed by atoms with Gasteiger partial charge in [-0.15, -0.1) is 5.10 Å². The second-order valence-electron chi connectivity index (χ2n) is 4.04. The molecule has 0 aliphatic carbocycles. The third kappa shape index (κ3) is 3.46. The molecule has 6 heteroatoms. The number of hydrazone groups is 1. The summed E-state index contributed by atoms with van der Waals surface area (Å²) in [4.78, 5) is 16.5. The van der Waals surface area contributed by atoms with Gasteiger partial charge in [0.1, 0.15) is 12.8 Å². The molecule has 92 valence electrons. The van der Waals surface area contributed by atoms with Crippen molar-refractivity contribution in [3.63, 3.8) is 0 Å². The van der Waals surface area contributed by atoms with Gasteiger partial charge < -0.3 is 10.5 Å². The number of nitrogens with zero attached hydrogens (tertiary/aromatic N) is 2. The third-order valence-electron chi connectivity index (χ3n) is 2.06. The fourth-order valence-electron chi connectivity index (χ4n) is 1.36. The minimum atomic E-state index is -0.443. The topological polar surface area (TPSA) is 77.2 Å². The number of hydrogen-bond acceptors (Lipinski definition) is 6. The second-order valence-corrected chi connectivity index (χ2v) is 4.04. The summed E-state index contributed by atoms with van der Waals surface area (Å²) in [5, 5.41) is 5.27. The number of ether oxygens (including phenoxy) is 1. The Morgan fingerprint density at radius 1 is 1.69 bits per heavy atom. The first kappa shape index (κ1) is 12.9. The molecule has 1 aliphatic rings. The Balaban J connectivity index is 2.51. The highest BCUT2D eigenvalue weighted by Gasteiger charge is 2.26. The molecule has 0 spiro atoms. The van der Waals surface area contributed by atoms with Crippen LogP contribution in [0.4, 0.5) is 0 Å². The average molecular weight is 229 g/mol. The van der Waals surface area contributed by atoms with Crippen LogP contribution in [-0.4, -0.2) is 36.2 Å². The highest BCUT2D eigenvalue weighted by molar-refractivity contribution is 6.37. The predicted molar refractivity (Wildman–Crippen MR) is 59.3 cm³/mol. The summed E-state index contributed by atoms with van der Waals surface area (Å²) in [6.45, 7) is 6.33. The van der Waals surface area contributed by atoms with E-state index in [1.54, 1.807) is 6.92 Å². The molecule has 0 bridgehead atoms. The maximum Gasteiger partial charge on any atom is 0.357 e. The van der Waals surface area contributed by atoms with Gasteiger partial charge in [0.05, 0.1) is 6.61 Å². The van der Waals surface area contributed by atoms with E-state index in [1.807, 2.05) is 0 Å². The number of nitrogens with two attached hydrogens (primary N) is 1. The number of hydrogen-bond donors (Lipinski definition) is 1. The molecular formula is C10H19N3O3. The van der Waals surface area contributed by atoms with Crippen LogP contribution in [0.1, 0.15) is 27.2 Å². The number of rotatable bonds is 5. The quantitative estimate of drug-likeness (QED) is 0.694. The number of carbonyl (C=O) groups is 1. The van der Waals surface area contributed by atoms with E-state index < -0.39 is 5.97 Å². The van der Waals surface area contributed by atoms with Crippen molar-refractivity contribution in [2.24, 2.45) is 16.8 Å². The zero-order chi connectivity index (χ0) is 12.1. The van der Waals surface area contributed by atoms with Crippen LogP contribution >= 0.6 is 0 Å². The summed E-state index contributed by atoms with van der Waals surface area (Å²) in [7, 11) is 0. The van der Waals surface area contributed by atoms with Crippen LogP contribution < -0.4 is 5.73 Å². The van der Waals surface area contributed by atoms with Crippen LogP contribution in [-0.2, 0) is 14.4 Å². The summed E-state index contributed by atoms with van der Waals surface area (Å²) < 4.78 is 4.82. The smallest absolute Gasteiger partial charge is 0.357 e. The zero-order valence-electron chi connectivity index (χ0n) is 9.97. The van der Waals surface area contributed by atoms with Gasteiger partial charge in [-0.05, 0) is 19.3 Å². The Bertz CT molecular complexity index is 278. The van der Waals surface area contributed by atoms with E-state index in [4.69, 9.17) is 15.3 Å². The molecule has 0 aromatic heterocycles. The maximum absolute atomic E-state index is 11.3. The van der Waals surface area contributed by atoms with Crippen LogP contribution in [0, 0.1) is 5.92 Å². The maximum atomic E-state index is 11.3. The molecule has 0 aromatic rings. The first-order valence-electron chi connectivity index (χ1n) is 5.47. The number of hydroxylamine groups is 1. The second kappa shape index (κ2) is 5.81. The monoisotopic (exact) mass is 229 g/mol. The Hall–Kier alpha value is -1.14. The molecule has 0 amide bonds. The van der Waals surface area contributed by atoms with Crippen LogP contribution in [0.25, 0.3) is 0 Å². The number of esters is 1. The summed E-state index contributed by atoms with van der Waals surface area (Å²) in [5.41, 5.74) is 6.12. The highest BCUT2D eigenvalue weighted by Crippen LogP contribution is 2.12. The molecule has 1 atom stereocenters. The zero-order valence-corrected chi connectivity index (χ0v) is 9.97. The third-order valence-corrected chi connectivity index (χ3v) is 2.06. The molecule has 0 aromatic carbocycles. The van der Waals surface area contributed by atoms with E-state index in [0.29, 0.717) is 12.5 Å². The lowest BCUT2D eigenvalue weighted by Gasteiger charge is -2.21. The van der Waals surface area contributed by atoms with Crippen molar-refractivity contribution >= 4 is 11.7 Å². The summed E-state index contributed by atoms with van der Waals surface area (Å²) >= 11 is 0. The molecule has 0 fully saturated rings. The van der Waals surface area contributed by atoms with Crippen molar-refractivity contribution < 1.29 is 14.4 Å². The Labute approximate surface area is 95.3 Å².